The minimum Gasteiger partial charge on any atom is -0.486 e. The summed E-state index contributed by atoms with van der Waals surface area (Å²) in [5, 5.41) is 2.77. The Morgan fingerprint density at radius 1 is 0.909 bits per heavy atom. The summed E-state index contributed by atoms with van der Waals surface area (Å²) in [6.45, 7) is 12.0. The third-order valence-corrected chi connectivity index (χ3v) is 9.21. The van der Waals surface area contributed by atoms with E-state index in [1.54, 1.807) is 30.5 Å². The number of furan rings is 1. The number of aryl methyl sites for hydroxylation is 1. The molecule has 7 heteroatoms. The predicted molar refractivity (Wildman–Crippen MR) is 178 cm³/mol. The maximum atomic E-state index is 13.4. The summed E-state index contributed by atoms with van der Waals surface area (Å²) in [6.07, 6.45) is 3.56. The van der Waals surface area contributed by atoms with Crippen LogP contribution in [0.25, 0.3) is 44.6 Å². The largest absolute Gasteiger partial charge is 0.486 e. The Kier molecular flexibility index (Phi) is 8.32. The Bertz CT molecular complexity index is 2100. The van der Waals surface area contributed by atoms with Gasteiger partial charge in [0.15, 0.2) is 0 Å². The first kappa shape index (κ1) is 26.9. The maximum absolute atomic E-state index is 13.4. The van der Waals surface area contributed by atoms with E-state index in [1.807, 2.05) is 58.2 Å². The van der Waals surface area contributed by atoms with Crippen LogP contribution in [-0.4, -0.2) is 23.0 Å². The van der Waals surface area contributed by atoms with Gasteiger partial charge in [0, 0.05) is 44.7 Å². The van der Waals surface area contributed by atoms with E-state index < -0.39 is 32.7 Å². The number of rotatable bonds is 5. The SMILES string of the molecule is [2H]C(C)(C)c1ccnc(-c2[c-]ccc3c2oc2nc(F)ccc23)c1.[2H]C([2H])([2H])c1c[c-]c(-c2cc(C([2H])(C)C)c([Si](C)(C)C)cn2)cc1.[Ir]. The summed E-state index contributed by atoms with van der Waals surface area (Å²) in [7, 11) is -1.61. The first-order valence-electron chi connectivity index (χ1n) is 16.6. The molecule has 0 fully saturated rings. The minimum absolute atomic E-state index is 0. The van der Waals surface area contributed by atoms with Crippen LogP contribution in [0.3, 0.4) is 0 Å². The molecule has 0 aliphatic carbocycles. The van der Waals surface area contributed by atoms with E-state index in [1.165, 1.54) is 17.3 Å². The number of pyridine rings is 3. The topological polar surface area (TPSA) is 51.8 Å². The normalized spacial score (nSPS) is 14.0. The molecule has 4 aromatic heterocycles. The fourth-order valence-electron chi connectivity index (χ4n) is 4.87. The van der Waals surface area contributed by atoms with Crippen molar-refractivity contribution in [2.45, 2.75) is 66.0 Å². The fourth-order valence-corrected chi connectivity index (χ4v) is 6.45. The molecule has 0 saturated heterocycles. The van der Waals surface area contributed by atoms with Gasteiger partial charge < -0.3 is 14.4 Å². The quantitative estimate of drug-likeness (QED) is 0.0994. The smallest absolute Gasteiger partial charge is 0.218 e. The van der Waals surface area contributed by atoms with Crippen LogP contribution >= 0.6 is 0 Å². The van der Waals surface area contributed by atoms with Crippen molar-refractivity contribution in [2.24, 2.45) is 0 Å². The number of aromatic nitrogens is 3. The van der Waals surface area contributed by atoms with Gasteiger partial charge in [0.25, 0.3) is 0 Å². The second kappa shape index (κ2) is 13.6. The first-order chi connectivity index (χ1) is 22.2. The molecule has 2 aromatic carbocycles. The average molecular weight is 785 g/mol. The van der Waals surface area contributed by atoms with Gasteiger partial charge in [-0.25, -0.2) is 0 Å². The van der Waals surface area contributed by atoms with E-state index in [0.717, 1.165) is 33.2 Å². The molecule has 44 heavy (non-hydrogen) atoms. The third-order valence-electron chi connectivity index (χ3n) is 7.20. The Hall–Kier alpha value is -3.51. The van der Waals surface area contributed by atoms with Crippen molar-refractivity contribution in [3.63, 3.8) is 0 Å². The monoisotopic (exact) mass is 785 g/mol. The average Bonchev–Trinajstić information content (AvgIpc) is 3.37. The zero-order chi connectivity index (χ0) is 35.2. The van der Waals surface area contributed by atoms with Gasteiger partial charge in [0.2, 0.25) is 11.7 Å². The van der Waals surface area contributed by atoms with E-state index in [9.17, 15) is 4.39 Å². The van der Waals surface area contributed by atoms with Crippen LogP contribution in [0.5, 0.6) is 0 Å². The van der Waals surface area contributed by atoms with Gasteiger partial charge in [0.1, 0.15) is 0 Å². The summed E-state index contributed by atoms with van der Waals surface area (Å²) >= 11 is 0. The number of hydrogen-bond donors (Lipinski definition) is 0. The summed E-state index contributed by atoms with van der Waals surface area (Å²) in [6, 6.07) is 23.3. The van der Waals surface area contributed by atoms with E-state index in [0.29, 0.717) is 16.8 Å². The summed E-state index contributed by atoms with van der Waals surface area (Å²) in [5.74, 6) is -2.03. The molecule has 6 aromatic rings. The zero-order valence-corrected chi connectivity index (χ0v) is 29.3. The van der Waals surface area contributed by atoms with Gasteiger partial charge in [-0.3, -0.25) is 0 Å². The third kappa shape index (κ3) is 7.23. The van der Waals surface area contributed by atoms with Crippen molar-refractivity contribution < 1.29 is 35.8 Å². The molecule has 4 heterocycles. The molecule has 0 saturated carbocycles. The molecule has 0 aliphatic heterocycles. The summed E-state index contributed by atoms with van der Waals surface area (Å²) < 4.78 is 58.1. The second-order valence-electron chi connectivity index (χ2n) is 12.0. The molecule has 0 amide bonds. The second-order valence-corrected chi connectivity index (χ2v) is 17.0. The number of hydrogen-bond acceptors (Lipinski definition) is 4. The molecule has 0 atom stereocenters. The van der Waals surface area contributed by atoms with Crippen molar-refractivity contribution in [1.82, 2.24) is 15.0 Å². The standard InChI is InChI=1S/C19H14FN2O.C18H24NSi.Ir/c1-11(2)12-8-9-21-16(10-12)15-5-3-4-13-14-6-7-17(20)22-19(14)23-18(13)15;1-13(2)16-11-17(15-9-7-14(3)8-10-15)19-12-18(16)20(4,5)6;/h3-4,6-11H,1-2H3;7-9,11-13H,1-6H3;/q2*-1;/i11D;3D3,13D;. The summed E-state index contributed by atoms with van der Waals surface area (Å²) in [5.41, 5.74) is 5.74. The Balaban J connectivity index is 0.000000216. The van der Waals surface area contributed by atoms with Gasteiger partial charge in [-0.05, 0) is 46.6 Å². The first-order valence-corrected chi connectivity index (χ1v) is 17.6. The van der Waals surface area contributed by atoms with Gasteiger partial charge in [-0.1, -0.05) is 88.4 Å². The van der Waals surface area contributed by atoms with Crippen molar-refractivity contribution in [3.05, 3.63) is 108 Å². The van der Waals surface area contributed by atoms with Gasteiger partial charge >= 0.3 is 0 Å². The number of benzene rings is 2. The molecule has 4 nitrogen and oxygen atoms in total. The van der Waals surface area contributed by atoms with E-state index in [2.05, 4.69) is 46.7 Å². The Morgan fingerprint density at radius 3 is 2.36 bits per heavy atom. The molecule has 0 unspecified atom stereocenters. The Labute approximate surface area is 281 Å². The summed E-state index contributed by atoms with van der Waals surface area (Å²) in [4.78, 5) is 12.8. The molecule has 1 radical (unpaired) electrons. The molecule has 229 valence electrons. The Morgan fingerprint density at radius 2 is 1.70 bits per heavy atom. The van der Waals surface area contributed by atoms with Crippen LogP contribution < -0.4 is 5.19 Å². The van der Waals surface area contributed by atoms with Crippen molar-refractivity contribution in [1.29, 1.82) is 0 Å². The predicted octanol–water partition coefficient (Wildman–Crippen LogP) is 9.63. The molecule has 0 aliphatic rings. The van der Waals surface area contributed by atoms with Crippen LogP contribution in [0, 0.1) is 24.9 Å². The van der Waals surface area contributed by atoms with Gasteiger partial charge in [-0.15, -0.1) is 53.6 Å². The minimum atomic E-state index is -2.13. The van der Waals surface area contributed by atoms with Crippen molar-refractivity contribution >= 4 is 35.3 Å². The van der Waals surface area contributed by atoms with Gasteiger partial charge in [0.05, 0.1) is 13.7 Å². The number of halogens is 1. The molecular formula is C37H38FIrN3OSi-2. The molecule has 0 spiro atoms. The molecular weight excluding hydrogens is 742 g/mol. The van der Waals surface area contributed by atoms with Crippen molar-refractivity contribution in [2.75, 3.05) is 0 Å². The molecule has 0 bridgehead atoms. The van der Waals surface area contributed by atoms with E-state index >= 15 is 0 Å². The van der Waals surface area contributed by atoms with Crippen LogP contribution in [0.1, 0.15) is 63.0 Å². The van der Waals surface area contributed by atoms with Crippen LogP contribution in [0.2, 0.25) is 19.6 Å². The number of nitrogens with zero attached hydrogens (tertiary/aromatic N) is 3. The maximum Gasteiger partial charge on any atom is 0.218 e. The van der Waals surface area contributed by atoms with E-state index in [-0.39, 0.29) is 31.4 Å². The number of fused-ring (bicyclic) bond motifs is 3. The van der Waals surface area contributed by atoms with Crippen LogP contribution in [0.15, 0.2) is 77.5 Å². The molecule has 0 N–H and O–H groups in total. The van der Waals surface area contributed by atoms with Crippen LogP contribution in [-0.2, 0) is 20.1 Å². The van der Waals surface area contributed by atoms with Crippen LogP contribution in [0.4, 0.5) is 4.39 Å². The van der Waals surface area contributed by atoms with Gasteiger partial charge in [-0.2, -0.15) is 9.37 Å². The fraction of sp³-hybridized carbons (Fsp3) is 0.270. The molecule has 6 rings (SSSR count). The van der Waals surface area contributed by atoms with E-state index in [4.69, 9.17) is 11.3 Å². The van der Waals surface area contributed by atoms with Crippen molar-refractivity contribution in [3.8, 4) is 22.5 Å². The zero-order valence-electron chi connectivity index (χ0n) is 30.9.